The third kappa shape index (κ3) is 2.86. The molecule has 0 bridgehead atoms. The van der Waals surface area contributed by atoms with E-state index in [1.165, 1.54) is 0 Å². The maximum Gasteiger partial charge on any atom is 0.254 e. The molecular weight excluding hydrogens is 306 g/mol. The van der Waals surface area contributed by atoms with Gasteiger partial charge in [-0.15, -0.1) is 0 Å². The lowest BCUT2D eigenvalue weighted by atomic mass is 10.1. The highest BCUT2D eigenvalue weighted by Crippen LogP contribution is 2.23. The molecule has 0 saturated carbocycles. The summed E-state index contributed by atoms with van der Waals surface area (Å²) in [5.41, 5.74) is 1.55. The highest BCUT2D eigenvalue weighted by atomic mass is 16.5. The highest BCUT2D eigenvalue weighted by Gasteiger charge is 2.24. The van der Waals surface area contributed by atoms with Crippen LogP contribution in [0.5, 0.6) is 11.6 Å². The highest BCUT2D eigenvalue weighted by molar-refractivity contribution is 5.94. The molecule has 0 saturated heterocycles. The van der Waals surface area contributed by atoms with E-state index < -0.39 is 0 Å². The molecule has 6 nitrogen and oxygen atoms in total. The quantitative estimate of drug-likeness (QED) is 0.741. The molecular formula is C18H15N3O3. The molecule has 120 valence electrons. The topological polar surface area (TPSA) is 68.5 Å². The minimum Gasteiger partial charge on any atom is -0.439 e. The molecule has 2 aromatic heterocycles. The van der Waals surface area contributed by atoms with E-state index in [2.05, 4.69) is 10.1 Å². The number of pyridine rings is 1. The number of ether oxygens (including phenoxy) is 1. The van der Waals surface area contributed by atoms with Crippen LogP contribution in [-0.4, -0.2) is 27.5 Å². The largest absolute Gasteiger partial charge is 0.439 e. The molecule has 1 aliphatic rings. The minimum absolute atomic E-state index is 0.0340. The second kappa shape index (κ2) is 6.16. The SMILES string of the molecule is O=C(c1cccc(Oc2ccccn2)c1)N1CCc2oncc2C1. The second-order valence-electron chi connectivity index (χ2n) is 5.55. The van der Waals surface area contributed by atoms with E-state index in [4.69, 9.17) is 9.26 Å². The van der Waals surface area contributed by atoms with Gasteiger partial charge >= 0.3 is 0 Å². The summed E-state index contributed by atoms with van der Waals surface area (Å²) in [6.45, 7) is 1.13. The molecule has 1 amide bonds. The van der Waals surface area contributed by atoms with Crippen molar-refractivity contribution in [3.63, 3.8) is 0 Å². The van der Waals surface area contributed by atoms with Crippen LogP contribution < -0.4 is 4.74 Å². The van der Waals surface area contributed by atoms with Gasteiger partial charge in [-0.25, -0.2) is 4.98 Å². The van der Waals surface area contributed by atoms with Crippen molar-refractivity contribution < 1.29 is 14.1 Å². The first-order chi connectivity index (χ1) is 11.8. The molecule has 4 rings (SSSR count). The lowest BCUT2D eigenvalue weighted by Gasteiger charge is -2.25. The molecule has 24 heavy (non-hydrogen) atoms. The Hall–Kier alpha value is -3.15. The van der Waals surface area contributed by atoms with Crippen LogP contribution in [-0.2, 0) is 13.0 Å². The van der Waals surface area contributed by atoms with Gasteiger partial charge in [-0.2, -0.15) is 0 Å². The van der Waals surface area contributed by atoms with Gasteiger partial charge < -0.3 is 14.2 Å². The number of aromatic nitrogens is 2. The number of benzene rings is 1. The van der Waals surface area contributed by atoms with E-state index in [1.807, 2.05) is 12.1 Å². The molecule has 1 aromatic carbocycles. The number of fused-ring (bicyclic) bond motifs is 1. The van der Waals surface area contributed by atoms with Crippen LogP contribution in [0, 0.1) is 0 Å². The summed E-state index contributed by atoms with van der Waals surface area (Å²) in [4.78, 5) is 18.7. The second-order valence-corrected chi connectivity index (χ2v) is 5.55. The number of nitrogens with zero attached hydrogens (tertiary/aromatic N) is 3. The van der Waals surface area contributed by atoms with Crippen molar-refractivity contribution in [3.05, 3.63) is 71.7 Å². The summed E-state index contributed by atoms with van der Waals surface area (Å²) in [7, 11) is 0. The van der Waals surface area contributed by atoms with Crippen molar-refractivity contribution in [1.82, 2.24) is 15.0 Å². The number of hydrogen-bond acceptors (Lipinski definition) is 5. The molecule has 6 heteroatoms. The van der Waals surface area contributed by atoms with Gasteiger partial charge in [0, 0.05) is 36.4 Å². The van der Waals surface area contributed by atoms with Crippen LogP contribution in [0.3, 0.4) is 0 Å². The van der Waals surface area contributed by atoms with E-state index in [0.29, 0.717) is 36.7 Å². The third-order valence-electron chi connectivity index (χ3n) is 3.93. The van der Waals surface area contributed by atoms with Gasteiger partial charge in [0.05, 0.1) is 12.7 Å². The summed E-state index contributed by atoms with van der Waals surface area (Å²) < 4.78 is 10.9. The molecule has 0 unspecified atom stereocenters. The van der Waals surface area contributed by atoms with Gasteiger partial charge in [-0.05, 0) is 24.3 Å². The number of carbonyl (C=O) groups excluding carboxylic acids is 1. The summed E-state index contributed by atoms with van der Waals surface area (Å²) in [5.74, 6) is 1.91. The lowest BCUT2D eigenvalue weighted by molar-refractivity contribution is 0.0728. The Kier molecular flexibility index (Phi) is 3.70. The number of carbonyl (C=O) groups is 1. The van der Waals surface area contributed by atoms with Gasteiger partial charge in [0.1, 0.15) is 11.5 Å². The zero-order valence-electron chi connectivity index (χ0n) is 12.9. The Labute approximate surface area is 138 Å². The molecule has 0 radical (unpaired) electrons. The first kappa shape index (κ1) is 14.4. The summed E-state index contributed by atoms with van der Waals surface area (Å²) in [5, 5.41) is 3.79. The molecule has 1 aliphatic heterocycles. The van der Waals surface area contributed by atoms with Crippen molar-refractivity contribution in [1.29, 1.82) is 0 Å². The molecule has 0 atom stereocenters. The van der Waals surface area contributed by atoms with Gasteiger partial charge in [0.2, 0.25) is 5.88 Å². The van der Waals surface area contributed by atoms with Gasteiger partial charge in [-0.1, -0.05) is 17.3 Å². The van der Waals surface area contributed by atoms with Crippen LogP contribution >= 0.6 is 0 Å². The van der Waals surface area contributed by atoms with Crippen LogP contribution in [0.1, 0.15) is 21.7 Å². The zero-order valence-corrected chi connectivity index (χ0v) is 12.9. The van der Waals surface area contributed by atoms with E-state index in [9.17, 15) is 4.79 Å². The third-order valence-corrected chi connectivity index (χ3v) is 3.93. The van der Waals surface area contributed by atoms with Crippen LogP contribution in [0.15, 0.2) is 59.4 Å². The number of hydrogen-bond donors (Lipinski definition) is 0. The minimum atomic E-state index is -0.0340. The lowest BCUT2D eigenvalue weighted by Crippen LogP contribution is -2.35. The standard InChI is InChI=1S/C18H15N3O3/c22-18(21-9-7-16-14(12-21)11-20-24-16)13-4-3-5-15(10-13)23-17-6-1-2-8-19-17/h1-6,8,10-11H,7,9,12H2. The Morgan fingerprint density at radius 2 is 2.17 bits per heavy atom. The van der Waals surface area contributed by atoms with Crippen molar-refractivity contribution in [2.24, 2.45) is 0 Å². The predicted molar refractivity (Wildman–Crippen MR) is 85.7 cm³/mol. The summed E-state index contributed by atoms with van der Waals surface area (Å²) in [6.07, 6.45) is 4.02. The Morgan fingerprint density at radius 1 is 1.21 bits per heavy atom. The molecule has 0 N–H and O–H groups in total. The van der Waals surface area contributed by atoms with Crippen molar-refractivity contribution in [2.75, 3.05) is 6.54 Å². The molecule has 0 spiro atoms. The fraction of sp³-hybridized carbons (Fsp3) is 0.167. The fourth-order valence-electron chi connectivity index (χ4n) is 2.72. The molecule has 0 fully saturated rings. The smallest absolute Gasteiger partial charge is 0.254 e. The summed E-state index contributed by atoms with van der Waals surface area (Å²) in [6, 6.07) is 12.6. The Bertz CT molecular complexity index is 861. The van der Waals surface area contributed by atoms with Crippen LogP contribution in [0.4, 0.5) is 0 Å². The van der Waals surface area contributed by atoms with E-state index >= 15 is 0 Å². The van der Waals surface area contributed by atoms with Crippen LogP contribution in [0.2, 0.25) is 0 Å². The number of amides is 1. The van der Waals surface area contributed by atoms with E-state index in [-0.39, 0.29) is 5.91 Å². The van der Waals surface area contributed by atoms with Gasteiger partial charge in [-0.3, -0.25) is 4.79 Å². The number of rotatable bonds is 3. The van der Waals surface area contributed by atoms with E-state index in [1.54, 1.807) is 47.6 Å². The molecule has 3 heterocycles. The fourth-order valence-corrected chi connectivity index (χ4v) is 2.72. The van der Waals surface area contributed by atoms with Crippen LogP contribution in [0.25, 0.3) is 0 Å². The van der Waals surface area contributed by atoms with Crippen molar-refractivity contribution in [2.45, 2.75) is 13.0 Å². The molecule has 0 aliphatic carbocycles. The normalized spacial score (nSPS) is 13.4. The van der Waals surface area contributed by atoms with Crippen molar-refractivity contribution in [3.8, 4) is 11.6 Å². The average Bonchev–Trinajstić information content (AvgIpc) is 3.10. The monoisotopic (exact) mass is 321 g/mol. The first-order valence-corrected chi connectivity index (χ1v) is 7.70. The van der Waals surface area contributed by atoms with E-state index in [0.717, 1.165) is 11.3 Å². The average molecular weight is 321 g/mol. The maximum atomic E-state index is 12.7. The summed E-state index contributed by atoms with van der Waals surface area (Å²) >= 11 is 0. The van der Waals surface area contributed by atoms with Crippen molar-refractivity contribution >= 4 is 5.91 Å². The Morgan fingerprint density at radius 3 is 3.04 bits per heavy atom. The first-order valence-electron chi connectivity index (χ1n) is 7.70. The maximum absolute atomic E-state index is 12.7. The predicted octanol–water partition coefficient (Wildman–Crippen LogP) is 3.06. The molecule has 3 aromatic rings. The van der Waals surface area contributed by atoms with Gasteiger partial charge in [0.25, 0.3) is 5.91 Å². The zero-order chi connectivity index (χ0) is 16.4. The Balaban J connectivity index is 1.52. The van der Waals surface area contributed by atoms with Gasteiger partial charge in [0.15, 0.2) is 0 Å².